The minimum absolute atomic E-state index is 0.487. The Labute approximate surface area is 138 Å². The summed E-state index contributed by atoms with van der Waals surface area (Å²) < 4.78 is 11.5. The third-order valence-electron chi connectivity index (χ3n) is 4.69. The van der Waals surface area contributed by atoms with Gasteiger partial charge in [0.2, 0.25) is 0 Å². The van der Waals surface area contributed by atoms with E-state index in [-0.39, 0.29) is 0 Å². The number of benzene rings is 2. The zero-order chi connectivity index (χ0) is 16.1. The maximum atomic E-state index is 6.12. The second kappa shape index (κ2) is 7.51. The Bertz CT molecular complexity index is 614. The molecular weight excluding hydrogens is 286 g/mol. The molecule has 2 atom stereocenters. The smallest absolute Gasteiger partial charge is 0.161 e. The molecule has 0 radical (unpaired) electrons. The Hall–Kier alpha value is -2.00. The summed E-state index contributed by atoms with van der Waals surface area (Å²) in [5, 5.41) is 0. The molecule has 0 bridgehead atoms. The highest BCUT2D eigenvalue weighted by Crippen LogP contribution is 2.34. The highest BCUT2D eigenvalue weighted by Gasteiger charge is 2.29. The third kappa shape index (κ3) is 3.85. The summed E-state index contributed by atoms with van der Waals surface area (Å²) in [5.74, 6) is 2.67. The zero-order valence-corrected chi connectivity index (χ0v) is 13.9. The van der Waals surface area contributed by atoms with Crippen molar-refractivity contribution in [2.45, 2.75) is 12.3 Å². The molecule has 3 nitrogen and oxygen atoms in total. The van der Waals surface area contributed by atoms with Crippen molar-refractivity contribution in [3.05, 3.63) is 60.2 Å². The number of ether oxygens (including phenoxy) is 2. The van der Waals surface area contributed by atoms with Crippen molar-refractivity contribution in [1.29, 1.82) is 0 Å². The second-order valence-electron chi connectivity index (χ2n) is 6.29. The van der Waals surface area contributed by atoms with E-state index in [1.54, 1.807) is 7.11 Å². The molecule has 0 aromatic heterocycles. The summed E-state index contributed by atoms with van der Waals surface area (Å²) in [4.78, 5) is 2.40. The fourth-order valence-electron chi connectivity index (χ4n) is 3.46. The zero-order valence-electron chi connectivity index (χ0n) is 13.9. The maximum absolute atomic E-state index is 6.12. The number of hydrogen-bond donors (Lipinski definition) is 0. The van der Waals surface area contributed by atoms with Gasteiger partial charge >= 0.3 is 0 Å². The SMILES string of the molecule is COc1ccccc1OCC1CN(C)CCC1c1ccccc1. The molecule has 0 saturated carbocycles. The van der Waals surface area contributed by atoms with E-state index in [1.165, 1.54) is 12.0 Å². The van der Waals surface area contributed by atoms with Crippen LogP contribution in [-0.2, 0) is 0 Å². The van der Waals surface area contributed by atoms with Crippen LogP contribution in [0.4, 0.5) is 0 Å². The van der Waals surface area contributed by atoms with Crippen molar-refractivity contribution in [2.75, 3.05) is 33.9 Å². The van der Waals surface area contributed by atoms with E-state index in [0.29, 0.717) is 18.4 Å². The Morgan fingerprint density at radius 1 is 1.00 bits per heavy atom. The number of hydrogen-bond acceptors (Lipinski definition) is 3. The molecule has 0 spiro atoms. The van der Waals surface area contributed by atoms with E-state index in [0.717, 1.165) is 24.6 Å². The molecular formula is C20H25NO2. The molecule has 2 aromatic carbocycles. The first kappa shape index (κ1) is 15.9. The first-order valence-electron chi connectivity index (χ1n) is 8.27. The van der Waals surface area contributed by atoms with Crippen LogP contribution in [0.1, 0.15) is 17.9 Å². The van der Waals surface area contributed by atoms with Gasteiger partial charge in [-0.1, -0.05) is 42.5 Å². The Morgan fingerprint density at radius 2 is 1.70 bits per heavy atom. The maximum Gasteiger partial charge on any atom is 0.161 e. The van der Waals surface area contributed by atoms with Gasteiger partial charge in [0.15, 0.2) is 11.5 Å². The fraction of sp³-hybridized carbons (Fsp3) is 0.400. The molecule has 2 aromatic rings. The molecule has 0 N–H and O–H groups in total. The summed E-state index contributed by atoms with van der Waals surface area (Å²) in [7, 11) is 3.88. The molecule has 0 aliphatic carbocycles. The van der Waals surface area contributed by atoms with E-state index in [9.17, 15) is 0 Å². The first-order valence-corrected chi connectivity index (χ1v) is 8.27. The molecule has 0 amide bonds. The van der Waals surface area contributed by atoms with Gasteiger partial charge in [-0.3, -0.25) is 0 Å². The molecule has 1 aliphatic heterocycles. The number of para-hydroxylation sites is 2. The molecule has 1 heterocycles. The lowest BCUT2D eigenvalue weighted by Crippen LogP contribution is -2.39. The van der Waals surface area contributed by atoms with Gasteiger partial charge in [-0.05, 0) is 43.6 Å². The van der Waals surface area contributed by atoms with Crippen LogP contribution in [0.2, 0.25) is 0 Å². The largest absolute Gasteiger partial charge is 0.493 e. The molecule has 3 heteroatoms. The number of likely N-dealkylation sites (tertiary alicyclic amines) is 1. The normalized spacial score (nSPS) is 21.8. The van der Waals surface area contributed by atoms with Crippen molar-refractivity contribution in [1.82, 2.24) is 4.90 Å². The van der Waals surface area contributed by atoms with Gasteiger partial charge in [-0.15, -0.1) is 0 Å². The molecule has 3 rings (SSSR count). The molecule has 1 fully saturated rings. The molecule has 2 unspecified atom stereocenters. The van der Waals surface area contributed by atoms with Crippen LogP contribution in [-0.4, -0.2) is 38.8 Å². The molecule has 1 aliphatic rings. The van der Waals surface area contributed by atoms with Crippen LogP contribution in [0, 0.1) is 5.92 Å². The Kier molecular flexibility index (Phi) is 5.19. The highest BCUT2D eigenvalue weighted by molar-refractivity contribution is 5.39. The van der Waals surface area contributed by atoms with Crippen molar-refractivity contribution in [3.63, 3.8) is 0 Å². The standard InChI is InChI=1S/C20H25NO2/c1-21-13-12-18(16-8-4-3-5-9-16)17(14-21)15-23-20-11-7-6-10-19(20)22-2/h3-11,17-18H,12-15H2,1-2H3. The topological polar surface area (TPSA) is 21.7 Å². The summed E-state index contributed by atoms with van der Waals surface area (Å²) in [6.45, 7) is 2.92. The van der Waals surface area contributed by atoms with Crippen LogP contribution in [0.5, 0.6) is 11.5 Å². The van der Waals surface area contributed by atoms with Gasteiger partial charge in [0.25, 0.3) is 0 Å². The van der Waals surface area contributed by atoms with E-state index >= 15 is 0 Å². The highest BCUT2D eigenvalue weighted by atomic mass is 16.5. The number of piperidine rings is 1. The van der Waals surface area contributed by atoms with Crippen LogP contribution in [0.15, 0.2) is 54.6 Å². The van der Waals surface area contributed by atoms with E-state index in [2.05, 4.69) is 42.3 Å². The number of rotatable bonds is 5. The van der Waals surface area contributed by atoms with Crippen molar-refractivity contribution in [2.24, 2.45) is 5.92 Å². The summed E-state index contributed by atoms with van der Waals surface area (Å²) in [6.07, 6.45) is 1.18. The van der Waals surface area contributed by atoms with E-state index in [4.69, 9.17) is 9.47 Å². The van der Waals surface area contributed by atoms with Crippen molar-refractivity contribution in [3.8, 4) is 11.5 Å². The summed E-state index contributed by atoms with van der Waals surface area (Å²) >= 11 is 0. The number of methoxy groups -OCH3 is 1. The molecule has 122 valence electrons. The van der Waals surface area contributed by atoms with E-state index < -0.39 is 0 Å². The van der Waals surface area contributed by atoms with Crippen LogP contribution in [0.3, 0.4) is 0 Å². The minimum Gasteiger partial charge on any atom is -0.493 e. The van der Waals surface area contributed by atoms with Crippen molar-refractivity contribution >= 4 is 0 Å². The minimum atomic E-state index is 0.487. The fourth-order valence-corrected chi connectivity index (χ4v) is 3.46. The lowest BCUT2D eigenvalue weighted by atomic mass is 9.81. The van der Waals surface area contributed by atoms with Gasteiger partial charge in [-0.25, -0.2) is 0 Å². The number of nitrogens with zero attached hydrogens (tertiary/aromatic N) is 1. The Balaban J connectivity index is 1.72. The van der Waals surface area contributed by atoms with Gasteiger partial charge in [0.1, 0.15) is 0 Å². The monoisotopic (exact) mass is 311 g/mol. The summed E-state index contributed by atoms with van der Waals surface area (Å²) in [5.41, 5.74) is 1.43. The predicted molar refractivity (Wildman–Crippen MR) is 93.3 cm³/mol. The van der Waals surface area contributed by atoms with Gasteiger partial charge < -0.3 is 14.4 Å². The predicted octanol–water partition coefficient (Wildman–Crippen LogP) is 3.81. The Morgan fingerprint density at radius 3 is 2.43 bits per heavy atom. The quantitative estimate of drug-likeness (QED) is 0.838. The third-order valence-corrected chi connectivity index (χ3v) is 4.69. The lowest BCUT2D eigenvalue weighted by Gasteiger charge is -2.37. The second-order valence-corrected chi connectivity index (χ2v) is 6.29. The summed E-state index contributed by atoms with van der Waals surface area (Å²) in [6, 6.07) is 18.7. The van der Waals surface area contributed by atoms with Gasteiger partial charge in [-0.2, -0.15) is 0 Å². The van der Waals surface area contributed by atoms with Crippen LogP contribution < -0.4 is 9.47 Å². The van der Waals surface area contributed by atoms with Gasteiger partial charge in [0.05, 0.1) is 13.7 Å². The van der Waals surface area contributed by atoms with Crippen LogP contribution >= 0.6 is 0 Å². The van der Waals surface area contributed by atoms with Crippen molar-refractivity contribution < 1.29 is 9.47 Å². The molecule has 1 saturated heterocycles. The molecule has 23 heavy (non-hydrogen) atoms. The average Bonchev–Trinajstić information content (AvgIpc) is 2.61. The average molecular weight is 311 g/mol. The van der Waals surface area contributed by atoms with E-state index in [1.807, 2.05) is 24.3 Å². The van der Waals surface area contributed by atoms with Crippen LogP contribution in [0.25, 0.3) is 0 Å². The van der Waals surface area contributed by atoms with Gasteiger partial charge in [0, 0.05) is 12.5 Å². The first-order chi connectivity index (χ1) is 11.3. The lowest BCUT2D eigenvalue weighted by molar-refractivity contribution is 0.127.